The molecule has 0 aliphatic rings. The fourth-order valence-corrected chi connectivity index (χ4v) is 4.12. The standard InChI is InChI=1S/C22H27ClN4O6S/c1-15(2)24-22(29)16(3)25(13-17-8-10-18(23)11-9-17)21(28)14-26(34(4,32)33)19-6-5-7-20(12-19)27(30)31/h5-12,15-16H,13-14H2,1-4H3,(H,24,29). The number of benzene rings is 2. The third-order valence-corrected chi connectivity index (χ3v) is 6.26. The fourth-order valence-electron chi connectivity index (χ4n) is 3.15. The largest absolute Gasteiger partial charge is 0.352 e. The summed E-state index contributed by atoms with van der Waals surface area (Å²) < 4.78 is 25.8. The molecule has 0 aliphatic carbocycles. The molecule has 0 saturated heterocycles. The van der Waals surface area contributed by atoms with Gasteiger partial charge in [0.1, 0.15) is 12.6 Å². The van der Waals surface area contributed by atoms with Gasteiger partial charge in [-0.15, -0.1) is 0 Å². The summed E-state index contributed by atoms with van der Waals surface area (Å²) in [4.78, 5) is 37.8. The molecule has 1 N–H and O–H groups in total. The van der Waals surface area contributed by atoms with E-state index in [2.05, 4.69) is 5.32 Å². The van der Waals surface area contributed by atoms with Crippen LogP contribution in [0, 0.1) is 10.1 Å². The predicted molar refractivity (Wildman–Crippen MR) is 130 cm³/mol. The van der Waals surface area contributed by atoms with E-state index in [1.54, 1.807) is 45.0 Å². The zero-order valence-electron chi connectivity index (χ0n) is 19.3. The predicted octanol–water partition coefficient (Wildman–Crippen LogP) is 2.96. The van der Waals surface area contributed by atoms with Crippen molar-refractivity contribution >= 4 is 44.8 Å². The lowest BCUT2D eigenvalue weighted by atomic mass is 10.1. The maximum atomic E-state index is 13.4. The molecule has 0 heterocycles. The van der Waals surface area contributed by atoms with Gasteiger partial charge in [0.15, 0.2) is 0 Å². The molecule has 2 rings (SSSR count). The van der Waals surface area contributed by atoms with Crippen LogP contribution in [0.4, 0.5) is 11.4 Å². The maximum Gasteiger partial charge on any atom is 0.271 e. The molecule has 1 unspecified atom stereocenters. The minimum Gasteiger partial charge on any atom is -0.352 e. The van der Waals surface area contributed by atoms with Crippen LogP contribution >= 0.6 is 11.6 Å². The van der Waals surface area contributed by atoms with Crippen molar-refractivity contribution in [2.24, 2.45) is 0 Å². The first-order valence-electron chi connectivity index (χ1n) is 10.4. The van der Waals surface area contributed by atoms with Gasteiger partial charge in [-0.3, -0.25) is 24.0 Å². The first-order valence-corrected chi connectivity index (χ1v) is 12.6. The van der Waals surface area contributed by atoms with Gasteiger partial charge >= 0.3 is 0 Å². The van der Waals surface area contributed by atoms with Crippen LogP contribution in [0.25, 0.3) is 0 Å². The third-order valence-electron chi connectivity index (χ3n) is 4.87. The average Bonchev–Trinajstić information content (AvgIpc) is 2.75. The van der Waals surface area contributed by atoms with Crippen molar-refractivity contribution in [1.29, 1.82) is 0 Å². The van der Waals surface area contributed by atoms with Crippen LogP contribution in [-0.2, 0) is 26.2 Å². The number of amides is 2. The molecule has 0 aromatic heterocycles. The van der Waals surface area contributed by atoms with Gasteiger partial charge in [-0.2, -0.15) is 0 Å². The molecule has 34 heavy (non-hydrogen) atoms. The summed E-state index contributed by atoms with van der Waals surface area (Å²) >= 11 is 5.94. The SMILES string of the molecule is CC(C)NC(=O)C(C)N(Cc1ccc(Cl)cc1)C(=O)CN(c1cccc([N+](=O)[O-])c1)S(C)(=O)=O. The van der Waals surface area contributed by atoms with Crippen molar-refractivity contribution in [2.75, 3.05) is 17.1 Å². The number of carbonyl (C=O) groups is 2. The Labute approximate surface area is 203 Å². The average molecular weight is 511 g/mol. The zero-order chi connectivity index (χ0) is 25.6. The van der Waals surface area contributed by atoms with Gasteiger partial charge in [0.25, 0.3) is 5.69 Å². The Bertz CT molecular complexity index is 1150. The Morgan fingerprint density at radius 3 is 2.26 bits per heavy atom. The van der Waals surface area contributed by atoms with Gasteiger partial charge in [-0.1, -0.05) is 29.8 Å². The van der Waals surface area contributed by atoms with Crippen LogP contribution in [0.15, 0.2) is 48.5 Å². The highest BCUT2D eigenvalue weighted by molar-refractivity contribution is 7.92. The van der Waals surface area contributed by atoms with E-state index in [1.165, 1.54) is 23.1 Å². The lowest BCUT2D eigenvalue weighted by molar-refractivity contribution is -0.384. The number of hydrogen-bond donors (Lipinski definition) is 1. The van der Waals surface area contributed by atoms with Gasteiger partial charge in [-0.25, -0.2) is 8.42 Å². The molecule has 0 spiro atoms. The van der Waals surface area contributed by atoms with Crippen LogP contribution < -0.4 is 9.62 Å². The molecule has 0 aliphatic heterocycles. The molecular weight excluding hydrogens is 484 g/mol. The van der Waals surface area contributed by atoms with E-state index >= 15 is 0 Å². The molecule has 12 heteroatoms. The number of non-ortho nitro benzene ring substituents is 1. The number of nitrogens with zero attached hydrogens (tertiary/aromatic N) is 3. The minimum atomic E-state index is -3.99. The molecular formula is C22H27ClN4O6S. The molecule has 1 atom stereocenters. The summed E-state index contributed by atoms with van der Waals surface area (Å²) in [6.45, 7) is 4.49. The monoisotopic (exact) mass is 510 g/mol. The van der Waals surface area contributed by atoms with E-state index in [9.17, 15) is 28.1 Å². The summed E-state index contributed by atoms with van der Waals surface area (Å²) in [5.74, 6) is -1.06. The lowest BCUT2D eigenvalue weighted by Crippen LogP contribution is -2.52. The number of hydrogen-bond acceptors (Lipinski definition) is 6. The highest BCUT2D eigenvalue weighted by atomic mass is 35.5. The third kappa shape index (κ3) is 7.42. The first-order chi connectivity index (χ1) is 15.8. The molecule has 0 saturated carbocycles. The van der Waals surface area contributed by atoms with E-state index in [0.29, 0.717) is 10.6 Å². The topological polar surface area (TPSA) is 130 Å². The van der Waals surface area contributed by atoms with Gasteiger partial charge in [-0.05, 0) is 44.5 Å². The molecule has 2 aromatic carbocycles. The number of nitro groups is 1. The van der Waals surface area contributed by atoms with Crippen LogP contribution in [0.1, 0.15) is 26.3 Å². The van der Waals surface area contributed by atoms with Crippen molar-refractivity contribution in [1.82, 2.24) is 10.2 Å². The summed E-state index contributed by atoms with van der Waals surface area (Å²) in [6.07, 6.45) is 0.900. The lowest BCUT2D eigenvalue weighted by Gasteiger charge is -2.31. The smallest absolute Gasteiger partial charge is 0.271 e. The number of nitrogens with one attached hydrogen (secondary N) is 1. The highest BCUT2D eigenvalue weighted by Gasteiger charge is 2.30. The second-order valence-electron chi connectivity index (χ2n) is 8.03. The molecule has 184 valence electrons. The van der Waals surface area contributed by atoms with Crippen molar-refractivity contribution in [3.63, 3.8) is 0 Å². The molecule has 2 aromatic rings. The summed E-state index contributed by atoms with van der Waals surface area (Å²) in [6, 6.07) is 10.6. The first kappa shape index (κ1) is 27.1. The number of halogens is 1. The minimum absolute atomic E-state index is 0.0230. The number of carbonyl (C=O) groups excluding carboxylic acids is 2. The van der Waals surface area contributed by atoms with Gasteiger partial charge in [0, 0.05) is 29.7 Å². The van der Waals surface area contributed by atoms with E-state index in [0.717, 1.165) is 16.6 Å². The second-order valence-corrected chi connectivity index (χ2v) is 10.4. The number of rotatable bonds is 10. The molecule has 10 nitrogen and oxygen atoms in total. The van der Waals surface area contributed by atoms with Crippen molar-refractivity contribution < 1.29 is 22.9 Å². The van der Waals surface area contributed by atoms with E-state index in [1.807, 2.05) is 0 Å². The quantitative estimate of drug-likeness (QED) is 0.386. The van der Waals surface area contributed by atoms with Gasteiger partial charge < -0.3 is 10.2 Å². The normalized spacial score (nSPS) is 12.2. The fraction of sp³-hybridized carbons (Fsp3) is 0.364. The van der Waals surface area contributed by atoms with Crippen molar-refractivity contribution in [3.05, 3.63) is 69.2 Å². The Morgan fingerprint density at radius 1 is 1.12 bits per heavy atom. The van der Waals surface area contributed by atoms with Gasteiger partial charge in [0.05, 0.1) is 16.9 Å². The van der Waals surface area contributed by atoms with Crippen LogP contribution in [0.5, 0.6) is 0 Å². The Hall–Kier alpha value is -3.18. The van der Waals surface area contributed by atoms with Gasteiger partial charge in [0.2, 0.25) is 21.8 Å². The highest BCUT2D eigenvalue weighted by Crippen LogP contribution is 2.24. The number of anilines is 1. The van der Waals surface area contributed by atoms with Crippen molar-refractivity contribution in [3.8, 4) is 0 Å². The zero-order valence-corrected chi connectivity index (χ0v) is 20.8. The Morgan fingerprint density at radius 2 is 1.74 bits per heavy atom. The summed E-state index contributed by atoms with van der Waals surface area (Å²) in [5, 5.41) is 14.4. The van der Waals surface area contributed by atoms with Crippen molar-refractivity contribution in [2.45, 2.75) is 39.4 Å². The van der Waals surface area contributed by atoms with E-state index in [-0.39, 0.29) is 24.0 Å². The van der Waals surface area contributed by atoms with E-state index in [4.69, 9.17) is 11.6 Å². The Kier molecular flexibility index (Phi) is 9.00. The van der Waals surface area contributed by atoms with Crippen LogP contribution in [-0.4, -0.2) is 54.9 Å². The number of sulfonamides is 1. The molecule has 0 fully saturated rings. The second kappa shape index (κ2) is 11.3. The van der Waals surface area contributed by atoms with Crippen LogP contribution in [0.2, 0.25) is 5.02 Å². The number of nitro benzene ring substituents is 1. The molecule has 0 bridgehead atoms. The van der Waals surface area contributed by atoms with E-state index < -0.39 is 39.3 Å². The molecule has 0 radical (unpaired) electrons. The maximum absolute atomic E-state index is 13.4. The Balaban J connectivity index is 2.42. The summed E-state index contributed by atoms with van der Waals surface area (Å²) in [7, 11) is -3.99. The molecule has 2 amide bonds. The van der Waals surface area contributed by atoms with Crippen LogP contribution in [0.3, 0.4) is 0 Å². The summed E-state index contributed by atoms with van der Waals surface area (Å²) in [5.41, 5.74) is 0.334.